The van der Waals surface area contributed by atoms with Crippen molar-refractivity contribution in [2.45, 2.75) is 97.4 Å². The van der Waals surface area contributed by atoms with Gasteiger partial charge in [0.25, 0.3) is 6.29 Å². The van der Waals surface area contributed by atoms with Crippen LogP contribution in [0.2, 0.25) is 0 Å². The molecule has 6 atom stereocenters. The Bertz CT molecular complexity index is 941. The maximum absolute atomic E-state index is 12.9. The second-order valence-corrected chi connectivity index (χ2v) is 11.5. The maximum atomic E-state index is 12.9. The van der Waals surface area contributed by atoms with Crippen LogP contribution in [0.25, 0.3) is 0 Å². The lowest BCUT2D eigenvalue weighted by atomic mass is 9.77. The standard InChI is InChI=1S/C27H42O12/c1-14(2)8-20(30)38-22(16(5)6)24(32)35-11-18-12-36-25(39-21(31)9-15(3)4)23-26(18,33)10-19(29)27(23,34)13-37-17(7)28/h12,14-16,19,22-23,25,29,33-34H,8-11,13H2,1-7H3/t19-,22?,23-,25-,26-,27+/m0/s1. The summed E-state index contributed by atoms with van der Waals surface area (Å²) in [6, 6.07) is 0. The topological polar surface area (TPSA) is 175 Å². The van der Waals surface area contributed by atoms with Gasteiger partial charge in [-0.3, -0.25) is 14.4 Å². The summed E-state index contributed by atoms with van der Waals surface area (Å²) in [5, 5.41) is 33.9. The fourth-order valence-corrected chi connectivity index (χ4v) is 4.72. The summed E-state index contributed by atoms with van der Waals surface area (Å²) in [5.41, 5.74) is -4.37. The van der Waals surface area contributed by atoms with E-state index in [4.69, 9.17) is 23.7 Å². The van der Waals surface area contributed by atoms with E-state index < -0.39 is 85.0 Å². The van der Waals surface area contributed by atoms with E-state index in [-0.39, 0.29) is 30.3 Å². The molecule has 1 aliphatic heterocycles. The molecule has 0 radical (unpaired) electrons. The lowest BCUT2D eigenvalue weighted by molar-refractivity contribution is -0.239. The van der Waals surface area contributed by atoms with E-state index in [1.165, 1.54) is 0 Å². The second kappa shape index (κ2) is 13.1. The van der Waals surface area contributed by atoms with Crippen LogP contribution < -0.4 is 0 Å². The molecule has 12 nitrogen and oxygen atoms in total. The molecule has 1 heterocycles. The first-order valence-electron chi connectivity index (χ1n) is 13.2. The number of aliphatic hydroxyl groups is 3. The van der Waals surface area contributed by atoms with Gasteiger partial charge in [0.1, 0.15) is 30.3 Å². The molecule has 0 bridgehead atoms. The molecule has 39 heavy (non-hydrogen) atoms. The fourth-order valence-electron chi connectivity index (χ4n) is 4.72. The van der Waals surface area contributed by atoms with E-state index in [1.807, 2.05) is 13.8 Å². The Balaban J connectivity index is 2.31. The molecule has 0 aromatic heterocycles. The Morgan fingerprint density at radius 3 is 2.13 bits per heavy atom. The molecule has 222 valence electrons. The Labute approximate surface area is 228 Å². The van der Waals surface area contributed by atoms with Crippen molar-refractivity contribution in [3.8, 4) is 0 Å². The zero-order chi connectivity index (χ0) is 29.7. The first-order valence-corrected chi connectivity index (χ1v) is 13.2. The number of ether oxygens (including phenoxy) is 5. The van der Waals surface area contributed by atoms with Gasteiger partial charge in [-0.1, -0.05) is 41.5 Å². The largest absolute Gasteiger partial charge is 0.463 e. The van der Waals surface area contributed by atoms with Crippen LogP contribution in [0.15, 0.2) is 11.8 Å². The highest BCUT2D eigenvalue weighted by atomic mass is 16.7. The maximum Gasteiger partial charge on any atom is 0.348 e. The van der Waals surface area contributed by atoms with Gasteiger partial charge in [-0.25, -0.2) is 4.79 Å². The van der Waals surface area contributed by atoms with Gasteiger partial charge in [0.15, 0.2) is 0 Å². The predicted octanol–water partition coefficient (Wildman–Crippen LogP) is 1.38. The van der Waals surface area contributed by atoms with Crippen LogP contribution in [0.1, 0.15) is 67.7 Å². The van der Waals surface area contributed by atoms with E-state index in [0.717, 1.165) is 13.2 Å². The van der Waals surface area contributed by atoms with Crippen LogP contribution in [-0.2, 0) is 42.9 Å². The monoisotopic (exact) mass is 558 g/mol. The molecule has 1 fully saturated rings. The highest BCUT2D eigenvalue weighted by Crippen LogP contribution is 2.52. The number of hydrogen-bond donors (Lipinski definition) is 3. The number of hydrogen-bond acceptors (Lipinski definition) is 12. The first-order chi connectivity index (χ1) is 18.0. The highest BCUT2D eigenvalue weighted by molar-refractivity contribution is 5.79. The van der Waals surface area contributed by atoms with Crippen molar-refractivity contribution >= 4 is 23.9 Å². The van der Waals surface area contributed by atoms with Crippen LogP contribution in [0.4, 0.5) is 0 Å². The molecule has 2 aliphatic rings. The molecule has 0 aromatic carbocycles. The number of fused-ring (bicyclic) bond motifs is 1. The SMILES string of the molecule is CC(=O)OC[C@]1(O)[C@H]2[C@H](OC(=O)CC(C)C)OC=C(COC(=O)C(OC(=O)CC(C)C)C(C)C)[C@@]2(O)C[C@@H]1O. The van der Waals surface area contributed by atoms with Crippen LogP contribution in [-0.4, -0.2) is 82.1 Å². The number of carbonyl (C=O) groups excluding carboxylic acids is 4. The zero-order valence-corrected chi connectivity index (χ0v) is 23.7. The minimum Gasteiger partial charge on any atom is -0.463 e. The van der Waals surface area contributed by atoms with Crippen molar-refractivity contribution in [3.05, 3.63) is 11.8 Å². The summed E-state index contributed by atoms with van der Waals surface area (Å²) in [6.45, 7) is 10.5. The Morgan fingerprint density at radius 1 is 1.00 bits per heavy atom. The summed E-state index contributed by atoms with van der Waals surface area (Å²) < 4.78 is 26.6. The van der Waals surface area contributed by atoms with Crippen LogP contribution in [0.3, 0.4) is 0 Å². The smallest absolute Gasteiger partial charge is 0.348 e. The molecular formula is C27H42O12. The van der Waals surface area contributed by atoms with Gasteiger partial charge in [-0.2, -0.15) is 0 Å². The van der Waals surface area contributed by atoms with E-state index in [2.05, 4.69) is 0 Å². The summed E-state index contributed by atoms with van der Waals surface area (Å²) in [4.78, 5) is 48.9. The van der Waals surface area contributed by atoms with Gasteiger partial charge in [0.05, 0.1) is 12.4 Å². The molecule has 1 unspecified atom stereocenters. The fraction of sp³-hybridized carbons (Fsp3) is 0.778. The van der Waals surface area contributed by atoms with E-state index >= 15 is 0 Å². The third-order valence-corrected chi connectivity index (χ3v) is 6.68. The van der Waals surface area contributed by atoms with Gasteiger partial charge in [0.2, 0.25) is 6.10 Å². The summed E-state index contributed by atoms with van der Waals surface area (Å²) in [6.07, 6.45) is -3.64. The third-order valence-electron chi connectivity index (χ3n) is 6.68. The van der Waals surface area contributed by atoms with Gasteiger partial charge >= 0.3 is 23.9 Å². The highest BCUT2D eigenvalue weighted by Gasteiger charge is 2.69. The van der Waals surface area contributed by atoms with Gasteiger partial charge < -0.3 is 39.0 Å². The summed E-state index contributed by atoms with van der Waals surface area (Å²) >= 11 is 0. The quantitative estimate of drug-likeness (QED) is 0.232. The van der Waals surface area contributed by atoms with Crippen LogP contribution >= 0.6 is 0 Å². The second-order valence-electron chi connectivity index (χ2n) is 11.5. The van der Waals surface area contributed by atoms with Gasteiger partial charge in [-0.05, 0) is 11.8 Å². The van der Waals surface area contributed by atoms with Crippen molar-refractivity contribution in [1.29, 1.82) is 0 Å². The Hall–Kier alpha value is -2.70. The lowest BCUT2D eigenvalue weighted by Gasteiger charge is -2.43. The van der Waals surface area contributed by atoms with Crippen molar-refractivity contribution < 1.29 is 58.2 Å². The van der Waals surface area contributed by atoms with E-state index in [1.54, 1.807) is 27.7 Å². The minimum absolute atomic E-state index is 0.0240. The van der Waals surface area contributed by atoms with Crippen molar-refractivity contribution in [1.82, 2.24) is 0 Å². The summed E-state index contributed by atoms with van der Waals surface area (Å²) in [7, 11) is 0. The molecule has 0 aromatic rings. The van der Waals surface area contributed by atoms with Gasteiger partial charge in [0, 0.05) is 37.7 Å². The van der Waals surface area contributed by atoms with Crippen LogP contribution in [0.5, 0.6) is 0 Å². The van der Waals surface area contributed by atoms with E-state index in [0.29, 0.717) is 0 Å². The zero-order valence-electron chi connectivity index (χ0n) is 23.7. The summed E-state index contributed by atoms with van der Waals surface area (Å²) in [5.74, 6) is -4.76. The lowest BCUT2D eigenvalue weighted by Crippen LogP contribution is -2.59. The molecule has 1 aliphatic carbocycles. The normalized spacial score (nSPS) is 28.8. The first kappa shape index (κ1) is 32.5. The Morgan fingerprint density at radius 2 is 1.59 bits per heavy atom. The van der Waals surface area contributed by atoms with Crippen LogP contribution in [0, 0.1) is 23.7 Å². The average molecular weight is 559 g/mol. The minimum atomic E-state index is -2.26. The molecule has 3 N–H and O–H groups in total. The van der Waals surface area contributed by atoms with E-state index in [9.17, 15) is 34.5 Å². The predicted molar refractivity (Wildman–Crippen MR) is 134 cm³/mol. The van der Waals surface area contributed by atoms with Crippen molar-refractivity contribution in [2.24, 2.45) is 23.7 Å². The number of carbonyl (C=O) groups is 4. The molecular weight excluding hydrogens is 516 g/mol. The molecule has 0 saturated heterocycles. The van der Waals surface area contributed by atoms with Gasteiger partial charge in [-0.15, -0.1) is 0 Å². The molecule has 12 heteroatoms. The number of esters is 4. The molecule has 0 spiro atoms. The van der Waals surface area contributed by atoms with Crippen molar-refractivity contribution in [3.63, 3.8) is 0 Å². The third kappa shape index (κ3) is 7.92. The Kier molecular flexibility index (Phi) is 10.9. The molecule has 2 rings (SSSR count). The number of rotatable bonds is 12. The van der Waals surface area contributed by atoms with Crippen molar-refractivity contribution in [2.75, 3.05) is 13.2 Å². The molecule has 0 amide bonds. The average Bonchev–Trinajstić information content (AvgIpc) is 3.00. The molecule has 1 saturated carbocycles. The number of aliphatic hydroxyl groups excluding tert-OH is 1.